The molecule has 1 aromatic heterocycles. The number of hydrogen-bond donors (Lipinski definition) is 1. The zero-order valence-electron chi connectivity index (χ0n) is 8.56. The van der Waals surface area contributed by atoms with Crippen LogP contribution in [0.3, 0.4) is 0 Å². The molecule has 4 nitrogen and oxygen atoms in total. The van der Waals surface area contributed by atoms with Gasteiger partial charge in [-0.25, -0.2) is 0 Å². The molecule has 0 radical (unpaired) electrons. The van der Waals surface area contributed by atoms with E-state index in [1.54, 1.807) is 12.4 Å². The normalized spacial score (nSPS) is 22.2. The Morgan fingerprint density at radius 1 is 1.53 bits per heavy atom. The van der Waals surface area contributed by atoms with Crippen molar-refractivity contribution >= 4 is 0 Å². The summed E-state index contributed by atoms with van der Waals surface area (Å²) in [5.41, 5.74) is 1.21. The summed E-state index contributed by atoms with van der Waals surface area (Å²) in [6, 6.07) is 6.31. The number of nitrogens with zero attached hydrogens (tertiary/aromatic N) is 3. The predicted octanol–water partition coefficient (Wildman–Crippen LogP) is 0.379. The van der Waals surface area contributed by atoms with E-state index in [2.05, 4.69) is 21.3 Å². The standard InChI is InChI=1S/C11H14N4/c12-7-11-8-14-5-6-15(11)9-10-1-3-13-4-2-10/h1-4,11,14H,5-6,8-9H2. The molecule has 0 aliphatic carbocycles. The number of piperazine rings is 1. The van der Waals surface area contributed by atoms with Crippen LogP contribution >= 0.6 is 0 Å². The molecule has 1 aromatic rings. The van der Waals surface area contributed by atoms with Crippen LogP contribution in [0.4, 0.5) is 0 Å². The van der Waals surface area contributed by atoms with Crippen molar-refractivity contribution in [2.45, 2.75) is 12.6 Å². The first-order chi connectivity index (χ1) is 7.40. The lowest BCUT2D eigenvalue weighted by molar-refractivity contribution is 0.189. The number of nitrogens with one attached hydrogen (secondary N) is 1. The van der Waals surface area contributed by atoms with Gasteiger partial charge in [-0.3, -0.25) is 9.88 Å². The molecule has 2 heterocycles. The van der Waals surface area contributed by atoms with Gasteiger partial charge >= 0.3 is 0 Å². The molecule has 0 bridgehead atoms. The SMILES string of the molecule is N#CC1CNCCN1Cc1ccncc1. The van der Waals surface area contributed by atoms with Crippen molar-refractivity contribution in [2.24, 2.45) is 0 Å². The number of aromatic nitrogens is 1. The summed E-state index contributed by atoms with van der Waals surface area (Å²) in [4.78, 5) is 6.18. The highest BCUT2D eigenvalue weighted by molar-refractivity contribution is 5.11. The summed E-state index contributed by atoms with van der Waals surface area (Å²) >= 11 is 0. The van der Waals surface area contributed by atoms with Gasteiger partial charge in [0.1, 0.15) is 6.04 Å². The van der Waals surface area contributed by atoms with Gasteiger partial charge in [-0.15, -0.1) is 0 Å². The monoisotopic (exact) mass is 202 g/mol. The van der Waals surface area contributed by atoms with E-state index >= 15 is 0 Å². The summed E-state index contributed by atoms with van der Waals surface area (Å²) in [5, 5.41) is 12.2. The molecule has 1 unspecified atom stereocenters. The summed E-state index contributed by atoms with van der Waals surface area (Å²) in [7, 11) is 0. The van der Waals surface area contributed by atoms with Crippen LogP contribution in [0.15, 0.2) is 24.5 Å². The molecule has 0 saturated carbocycles. The first-order valence-corrected chi connectivity index (χ1v) is 5.13. The van der Waals surface area contributed by atoms with E-state index in [4.69, 9.17) is 5.26 Å². The van der Waals surface area contributed by atoms with Gasteiger partial charge < -0.3 is 5.32 Å². The largest absolute Gasteiger partial charge is 0.313 e. The molecule has 1 atom stereocenters. The molecule has 1 aliphatic rings. The second kappa shape index (κ2) is 4.87. The Labute approximate surface area is 89.5 Å². The van der Waals surface area contributed by atoms with Crippen molar-refractivity contribution in [1.29, 1.82) is 5.26 Å². The van der Waals surface area contributed by atoms with Crippen LogP contribution in [0, 0.1) is 11.3 Å². The summed E-state index contributed by atoms with van der Waals surface area (Å²) in [5.74, 6) is 0. The third-order valence-electron chi connectivity index (χ3n) is 2.64. The van der Waals surface area contributed by atoms with Gasteiger partial charge in [0.05, 0.1) is 6.07 Å². The maximum absolute atomic E-state index is 9.00. The van der Waals surface area contributed by atoms with Crippen LogP contribution in [0.1, 0.15) is 5.56 Å². The van der Waals surface area contributed by atoms with Crippen LogP contribution in [0.5, 0.6) is 0 Å². The van der Waals surface area contributed by atoms with Crippen molar-refractivity contribution in [3.63, 3.8) is 0 Å². The average molecular weight is 202 g/mol. The molecule has 0 aromatic carbocycles. The smallest absolute Gasteiger partial charge is 0.111 e. The molecule has 1 saturated heterocycles. The van der Waals surface area contributed by atoms with Crippen molar-refractivity contribution in [1.82, 2.24) is 15.2 Å². The molecule has 1 fully saturated rings. The van der Waals surface area contributed by atoms with E-state index in [1.807, 2.05) is 12.1 Å². The third kappa shape index (κ3) is 2.52. The topological polar surface area (TPSA) is 52.0 Å². The highest BCUT2D eigenvalue weighted by Gasteiger charge is 2.21. The number of pyridine rings is 1. The van der Waals surface area contributed by atoms with Crippen molar-refractivity contribution in [2.75, 3.05) is 19.6 Å². The Balaban J connectivity index is 2.01. The number of nitriles is 1. The van der Waals surface area contributed by atoms with Gasteiger partial charge in [0.15, 0.2) is 0 Å². The Hall–Kier alpha value is -1.44. The average Bonchev–Trinajstić information content (AvgIpc) is 2.31. The Morgan fingerprint density at radius 2 is 2.33 bits per heavy atom. The lowest BCUT2D eigenvalue weighted by atomic mass is 10.1. The van der Waals surface area contributed by atoms with E-state index in [0.717, 1.165) is 26.2 Å². The van der Waals surface area contributed by atoms with Crippen LogP contribution in [0.2, 0.25) is 0 Å². The second-order valence-corrected chi connectivity index (χ2v) is 3.67. The molecule has 1 aliphatic heterocycles. The van der Waals surface area contributed by atoms with E-state index in [9.17, 15) is 0 Å². The Kier molecular flexibility index (Phi) is 3.28. The predicted molar refractivity (Wildman–Crippen MR) is 56.9 cm³/mol. The summed E-state index contributed by atoms with van der Waals surface area (Å²) in [6.45, 7) is 3.49. The highest BCUT2D eigenvalue weighted by atomic mass is 15.2. The minimum Gasteiger partial charge on any atom is -0.313 e. The first-order valence-electron chi connectivity index (χ1n) is 5.13. The van der Waals surface area contributed by atoms with Crippen LogP contribution < -0.4 is 5.32 Å². The maximum atomic E-state index is 9.00. The van der Waals surface area contributed by atoms with Crippen molar-refractivity contribution < 1.29 is 0 Å². The molecule has 2 rings (SSSR count). The fourth-order valence-corrected chi connectivity index (χ4v) is 1.79. The first kappa shape index (κ1) is 10.1. The highest BCUT2D eigenvalue weighted by Crippen LogP contribution is 2.08. The third-order valence-corrected chi connectivity index (χ3v) is 2.64. The molecule has 78 valence electrons. The molecule has 0 amide bonds. The van der Waals surface area contributed by atoms with Crippen LogP contribution in [0.25, 0.3) is 0 Å². The van der Waals surface area contributed by atoms with E-state index < -0.39 is 0 Å². The summed E-state index contributed by atoms with van der Waals surface area (Å²) in [6.07, 6.45) is 3.58. The minimum absolute atomic E-state index is 0.00749. The fourth-order valence-electron chi connectivity index (χ4n) is 1.79. The quantitative estimate of drug-likeness (QED) is 0.753. The summed E-state index contributed by atoms with van der Waals surface area (Å²) < 4.78 is 0. The van der Waals surface area contributed by atoms with Gasteiger partial charge in [0, 0.05) is 38.6 Å². The molecule has 1 N–H and O–H groups in total. The zero-order chi connectivity index (χ0) is 10.5. The van der Waals surface area contributed by atoms with Crippen molar-refractivity contribution in [3.05, 3.63) is 30.1 Å². The fraction of sp³-hybridized carbons (Fsp3) is 0.455. The molecule has 4 heteroatoms. The van der Waals surface area contributed by atoms with Crippen LogP contribution in [-0.4, -0.2) is 35.6 Å². The Bertz CT molecular complexity index is 343. The lowest BCUT2D eigenvalue weighted by Crippen LogP contribution is -2.49. The van der Waals surface area contributed by atoms with Gasteiger partial charge in [0.2, 0.25) is 0 Å². The molecular weight excluding hydrogens is 188 g/mol. The maximum Gasteiger partial charge on any atom is 0.111 e. The second-order valence-electron chi connectivity index (χ2n) is 3.67. The van der Waals surface area contributed by atoms with E-state index in [0.29, 0.717) is 0 Å². The van der Waals surface area contributed by atoms with Crippen molar-refractivity contribution in [3.8, 4) is 6.07 Å². The van der Waals surface area contributed by atoms with Gasteiger partial charge in [-0.05, 0) is 17.7 Å². The molecule has 15 heavy (non-hydrogen) atoms. The number of rotatable bonds is 2. The van der Waals surface area contributed by atoms with Gasteiger partial charge in [-0.1, -0.05) is 0 Å². The minimum atomic E-state index is -0.00749. The Morgan fingerprint density at radius 3 is 3.07 bits per heavy atom. The van der Waals surface area contributed by atoms with Crippen LogP contribution in [-0.2, 0) is 6.54 Å². The zero-order valence-corrected chi connectivity index (χ0v) is 8.56. The van der Waals surface area contributed by atoms with E-state index in [-0.39, 0.29) is 6.04 Å². The lowest BCUT2D eigenvalue weighted by Gasteiger charge is -2.31. The molecule has 0 spiro atoms. The molecular formula is C11H14N4. The number of hydrogen-bond acceptors (Lipinski definition) is 4. The van der Waals surface area contributed by atoms with Gasteiger partial charge in [0.25, 0.3) is 0 Å². The van der Waals surface area contributed by atoms with Gasteiger partial charge in [-0.2, -0.15) is 5.26 Å². The van der Waals surface area contributed by atoms with E-state index in [1.165, 1.54) is 5.56 Å².